The van der Waals surface area contributed by atoms with Gasteiger partial charge in [0.05, 0.1) is 13.0 Å². The summed E-state index contributed by atoms with van der Waals surface area (Å²) in [5, 5.41) is 11.0. The molecule has 104 valence electrons. The highest BCUT2D eigenvalue weighted by atomic mass is 32.1. The molecular weight excluding hydrogens is 266 g/mol. The van der Waals surface area contributed by atoms with Crippen LogP contribution in [0.5, 0.6) is 0 Å². The molecule has 1 N–H and O–H groups in total. The molecule has 1 aromatic rings. The van der Waals surface area contributed by atoms with E-state index in [0.29, 0.717) is 19.7 Å². The SMILES string of the molecule is CCOC(=O)N1CCc2sccc2[C@H](CC(=O)O)C1. The lowest BCUT2D eigenvalue weighted by atomic mass is 9.96. The van der Waals surface area contributed by atoms with Crippen LogP contribution in [0.4, 0.5) is 4.79 Å². The van der Waals surface area contributed by atoms with Gasteiger partial charge in [-0.25, -0.2) is 4.79 Å². The topological polar surface area (TPSA) is 66.8 Å². The van der Waals surface area contributed by atoms with Gasteiger partial charge in [-0.3, -0.25) is 4.79 Å². The number of hydrogen-bond donors (Lipinski definition) is 1. The molecular formula is C13H17NO4S. The summed E-state index contributed by atoms with van der Waals surface area (Å²) in [5.74, 6) is -0.987. The summed E-state index contributed by atoms with van der Waals surface area (Å²) in [6, 6.07) is 1.97. The van der Waals surface area contributed by atoms with Crippen LogP contribution in [0.1, 0.15) is 29.7 Å². The summed E-state index contributed by atoms with van der Waals surface area (Å²) < 4.78 is 5.01. The van der Waals surface area contributed by atoms with Crippen LogP contribution in [-0.4, -0.2) is 41.8 Å². The van der Waals surface area contributed by atoms with Crippen molar-refractivity contribution in [3.63, 3.8) is 0 Å². The second-order valence-corrected chi connectivity index (χ2v) is 5.49. The molecule has 2 heterocycles. The number of carboxylic acids is 1. The average Bonchev–Trinajstić information content (AvgIpc) is 2.75. The van der Waals surface area contributed by atoms with E-state index in [9.17, 15) is 9.59 Å². The van der Waals surface area contributed by atoms with Gasteiger partial charge in [0.1, 0.15) is 0 Å². The first-order chi connectivity index (χ1) is 9.11. The number of carbonyl (C=O) groups excluding carboxylic acids is 1. The zero-order chi connectivity index (χ0) is 13.8. The third-order valence-corrected chi connectivity index (χ3v) is 4.21. The number of hydrogen-bond acceptors (Lipinski definition) is 4. The van der Waals surface area contributed by atoms with E-state index >= 15 is 0 Å². The van der Waals surface area contributed by atoms with Gasteiger partial charge in [0.25, 0.3) is 0 Å². The molecule has 1 aliphatic rings. The number of carbonyl (C=O) groups is 2. The molecule has 0 spiro atoms. The molecule has 0 aromatic carbocycles. The molecule has 6 heteroatoms. The van der Waals surface area contributed by atoms with Crippen molar-refractivity contribution in [1.29, 1.82) is 0 Å². The van der Waals surface area contributed by atoms with Gasteiger partial charge in [0, 0.05) is 23.9 Å². The van der Waals surface area contributed by atoms with E-state index in [2.05, 4.69) is 0 Å². The predicted octanol–water partition coefficient (Wildman–Crippen LogP) is 2.32. The van der Waals surface area contributed by atoms with E-state index in [-0.39, 0.29) is 18.4 Å². The summed E-state index contributed by atoms with van der Waals surface area (Å²) in [6.07, 6.45) is 0.453. The fourth-order valence-electron chi connectivity index (χ4n) is 2.38. The van der Waals surface area contributed by atoms with E-state index in [1.54, 1.807) is 23.2 Å². The Balaban J connectivity index is 2.17. The van der Waals surface area contributed by atoms with Gasteiger partial charge in [-0.05, 0) is 30.4 Å². The van der Waals surface area contributed by atoms with Crippen LogP contribution in [0.25, 0.3) is 0 Å². The van der Waals surface area contributed by atoms with Crippen molar-refractivity contribution < 1.29 is 19.4 Å². The first-order valence-corrected chi connectivity index (χ1v) is 7.19. The fraction of sp³-hybridized carbons (Fsp3) is 0.538. The molecule has 0 bridgehead atoms. The largest absolute Gasteiger partial charge is 0.481 e. The van der Waals surface area contributed by atoms with Crippen molar-refractivity contribution in [3.05, 3.63) is 21.9 Å². The number of aliphatic carboxylic acids is 1. The number of rotatable bonds is 3. The normalized spacial score (nSPS) is 18.6. The third kappa shape index (κ3) is 3.26. The molecule has 0 radical (unpaired) electrons. The Morgan fingerprint density at radius 3 is 3.05 bits per heavy atom. The van der Waals surface area contributed by atoms with Gasteiger partial charge in [0.2, 0.25) is 0 Å². The maximum Gasteiger partial charge on any atom is 0.409 e. The van der Waals surface area contributed by atoms with Crippen molar-refractivity contribution in [1.82, 2.24) is 4.90 Å². The average molecular weight is 283 g/mol. The van der Waals surface area contributed by atoms with Crippen molar-refractivity contribution in [2.75, 3.05) is 19.7 Å². The van der Waals surface area contributed by atoms with Crippen LogP contribution >= 0.6 is 11.3 Å². The van der Waals surface area contributed by atoms with Crippen molar-refractivity contribution >= 4 is 23.4 Å². The number of ether oxygens (including phenoxy) is 1. The van der Waals surface area contributed by atoms with Crippen LogP contribution in [0, 0.1) is 0 Å². The van der Waals surface area contributed by atoms with Crippen LogP contribution < -0.4 is 0 Å². The van der Waals surface area contributed by atoms with Gasteiger partial charge in [-0.2, -0.15) is 0 Å². The summed E-state index contributed by atoms with van der Waals surface area (Å²) >= 11 is 1.62. The van der Waals surface area contributed by atoms with Crippen LogP contribution in [0.3, 0.4) is 0 Å². The zero-order valence-electron chi connectivity index (χ0n) is 10.8. The molecule has 0 aliphatic carbocycles. The first kappa shape index (κ1) is 13.9. The Kier molecular flexibility index (Phi) is 4.42. The Hall–Kier alpha value is -1.56. The first-order valence-electron chi connectivity index (χ1n) is 6.31. The second kappa shape index (κ2) is 6.06. The lowest BCUT2D eigenvalue weighted by molar-refractivity contribution is -0.137. The van der Waals surface area contributed by atoms with Crippen molar-refractivity contribution in [3.8, 4) is 0 Å². The minimum absolute atomic E-state index is 0.0413. The Morgan fingerprint density at radius 2 is 2.37 bits per heavy atom. The lowest BCUT2D eigenvalue weighted by Crippen LogP contribution is -2.35. The Bertz CT molecular complexity index is 471. The molecule has 2 rings (SSSR count). The molecule has 0 saturated carbocycles. The van der Waals surface area contributed by atoms with Crippen LogP contribution in [0.15, 0.2) is 11.4 Å². The molecule has 19 heavy (non-hydrogen) atoms. The minimum Gasteiger partial charge on any atom is -0.481 e. The number of thiophene rings is 1. The highest BCUT2D eigenvalue weighted by Gasteiger charge is 2.28. The maximum atomic E-state index is 11.8. The number of nitrogens with zero attached hydrogens (tertiary/aromatic N) is 1. The van der Waals surface area contributed by atoms with Crippen LogP contribution in [-0.2, 0) is 16.0 Å². The molecule has 0 fully saturated rings. The van der Waals surface area contributed by atoms with E-state index in [0.717, 1.165) is 12.0 Å². The summed E-state index contributed by atoms with van der Waals surface area (Å²) in [6.45, 7) is 3.10. The Labute approximate surface area is 115 Å². The highest BCUT2D eigenvalue weighted by Crippen LogP contribution is 2.31. The van der Waals surface area contributed by atoms with E-state index in [1.165, 1.54) is 4.88 Å². The van der Waals surface area contributed by atoms with Gasteiger partial charge in [-0.1, -0.05) is 0 Å². The summed E-state index contributed by atoms with van der Waals surface area (Å²) in [7, 11) is 0. The molecule has 1 aromatic heterocycles. The van der Waals surface area contributed by atoms with Gasteiger partial charge in [-0.15, -0.1) is 11.3 Å². The van der Waals surface area contributed by atoms with Crippen molar-refractivity contribution in [2.45, 2.75) is 25.7 Å². The molecule has 1 amide bonds. The fourth-order valence-corrected chi connectivity index (χ4v) is 3.33. The molecule has 1 atom stereocenters. The quantitative estimate of drug-likeness (QED) is 0.924. The molecule has 1 aliphatic heterocycles. The molecule has 0 unspecified atom stereocenters. The van der Waals surface area contributed by atoms with E-state index in [4.69, 9.17) is 9.84 Å². The summed E-state index contributed by atoms with van der Waals surface area (Å²) in [4.78, 5) is 25.6. The smallest absolute Gasteiger partial charge is 0.409 e. The number of amides is 1. The molecule has 5 nitrogen and oxygen atoms in total. The standard InChI is InChI=1S/C13H17NO4S/c1-2-18-13(17)14-5-3-11-10(4-6-19-11)9(8-14)7-12(15)16/h4,6,9H,2-3,5,7-8H2,1H3,(H,15,16)/t9-/m1/s1. The summed E-state index contributed by atoms with van der Waals surface area (Å²) in [5.41, 5.74) is 1.07. The second-order valence-electron chi connectivity index (χ2n) is 4.49. The number of carboxylic acid groups (broad SMARTS) is 1. The maximum absolute atomic E-state index is 11.8. The van der Waals surface area contributed by atoms with Crippen LogP contribution in [0.2, 0.25) is 0 Å². The zero-order valence-corrected chi connectivity index (χ0v) is 11.6. The highest BCUT2D eigenvalue weighted by molar-refractivity contribution is 7.10. The Morgan fingerprint density at radius 1 is 1.58 bits per heavy atom. The monoisotopic (exact) mass is 283 g/mol. The van der Waals surface area contributed by atoms with Crippen molar-refractivity contribution in [2.24, 2.45) is 0 Å². The number of fused-ring (bicyclic) bond motifs is 1. The van der Waals surface area contributed by atoms with Gasteiger partial charge in [0.15, 0.2) is 0 Å². The third-order valence-electron chi connectivity index (χ3n) is 3.22. The van der Waals surface area contributed by atoms with E-state index in [1.807, 2.05) is 11.4 Å². The minimum atomic E-state index is -0.840. The lowest BCUT2D eigenvalue weighted by Gasteiger charge is -2.23. The molecule has 0 saturated heterocycles. The predicted molar refractivity (Wildman–Crippen MR) is 71.6 cm³/mol. The van der Waals surface area contributed by atoms with Gasteiger partial charge < -0.3 is 14.7 Å². The van der Waals surface area contributed by atoms with Gasteiger partial charge >= 0.3 is 12.1 Å². The van der Waals surface area contributed by atoms with E-state index < -0.39 is 5.97 Å².